The first kappa shape index (κ1) is 14.6. The van der Waals surface area contributed by atoms with Crippen molar-refractivity contribution >= 4 is 5.69 Å². The van der Waals surface area contributed by atoms with Crippen LogP contribution in [-0.4, -0.2) is 4.98 Å². The van der Waals surface area contributed by atoms with Crippen LogP contribution in [-0.2, 0) is 6.18 Å². The molecule has 0 aliphatic carbocycles. The third-order valence-electron chi connectivity index (χ3n) is 2.49. The fraction of sp³-hybridized carbons (Fsp3) is 0.0769. The number of hydrogen-bond acceptors (Lipinski definition) is 4. The number of benzene rings is 1. The van der Waals surface area contributed by atoms with Crippen molar-refractivity contribution in [2.75, 3.05) is 5.73 Å². The summed E-state index contributed by atoms with van der Waals surface area (Å²) in [5.41, 5.74) is 3.67. The number of alkyl halides is 3. The topological polar surface area (TPSA) is 71.9 Å². The molecular formula is C13H7F4N3O. The predicted octanol–water partition coefficient (Wildman–Crippen LogP) is 3.49. The molecule has 0 saturated carbocycles. The summed E-state index contributed by atoms with van der Waals surface area (Å²) < 4.78 is 56.2. The van der Waals surface area contributed by atoms with Gasteiger partial charge >= 0.3 is 6.18 Å². The molecule has 0 spiro atoms. The van der Waals surface area contributed by atoms with E-state index in [1.165, 1.54) is 12.1 Å². The van der Waals surface area contributed by atoms with Crippen LogP contribution in [0.1, 0.15) is 11.3 Å². The molecule has 2 aromatic rings. The minimum atomic E-state index is -4.67. The standard InChI is InChI=1S/C13H7F4N3O/c14-8-2-1-3-10(7(8)5-18)21-11-4-12(13(15,16)17)20-6-9(11)19/h1-4,6H,19H2. The average Bonchev–Trinajstić information content (AvgIpc) is 2.40. The monoisotopic (exact) mass is 297 g/mol. The number of rotatable bonds is 2. The van der Waals surface area contributed by atoms with E-state index >= 15 is 0 Å². The van der Waals surface area contributed by atoms with E-state index in [4.69, 9.17) is 15.7 Å². The van der Waals surface area contributed by atoms with Gasteiger partial charge in [0.05, 0.1) is 11.9 Å². The Morgan fingerprint density at radius 1 is 1.24 bits per heavy atom. The molecule has 0 bridgehead atoms. The molecule has 1 heterocycles. The van der Waals surface area contributed by atoms with Crippen molar-refractivity contribution in [3.05, 3.63) is 47.5 Å². The summed E-state index contributed by atoms with van der Waals surface area (Å²) in [6.45, 7) is 0. The molecule has 0 fully saturated rings. The average molecular weight is 297 g/mol. The number of nitrogens with zero attached hydrogens (tertiary/aromatic N) is 2. The van der Waals surface area contributed by atoms with Crippen LogP contribution in [0.4, 0.5) is 23.2 Å². The van der Waals surface area contributed by atoms with E-state index in [0.717, 1.165) is 12.3 Å². The van der Waals surface area contributed by atoms with E-state index in [1.807, 2.05) is 0 Å². The molecule has 1 aromatic carbocycles. The normalized spacial score (nSPS) is 11.0. The Morgan fingerprint density at radius 3 is 2.57 bits per heavy atom. The summed E-state index contributed by atoms with van der Waals surface area (Å²) in [6.07, 6.45) is -3.89. The molecule has 0 radical (unpaired) electrons. The lowest BCUT2D eigenvalue weighted by molar-refractivity contribution is -0.141. The number of halogens is 4. The Labute approximate surface area is 116 Å². The van der Waals surface area contributed by atoms with Gasteiger partial charge in [0.1, 0.15) is 28.9 Å². The van der Waals surface area contributed by atoms with Crippen molar-refractivity contribution in [1.29, 1.82) is 5.26 Å². The molecule has 2 rings (SSSR count). The van der Waals surface area contributed by atoms with Gasteiger partial charge in [0, 0.05) is 6.07 Å². The minimum absolute atomic E-state index is 0.170. The number of aromatic nitrogens is 1. The first-order valence-corrected chi connectivity index (χ1v) is 5.52. The SMILES string of the molecule is N#Cc1c(F)cccc1Oc1cc(C(F)(F)F)ncc1N. The second-order valence-electron chi connectivity index (χ2n) is 3.93. The van der Waals surface area contributed by atoms with Crippen molar-refractivity contribution in [1.82, 2.24) is 4.98 Å². The van der Waals surface area contributed by atoms with Gasteiger partial charge in [-0.15, -0.1) is 0 Å². The number of nitrogen functional groups attached to an aromatic ring is 1. The zero-order valence-corrected chi connectivity index (χ0v) is 10.3. The summed E-state index contributed by atoms with van der Waals surface area (Å²) in [6, 6.07) is 5.69. The maximum absolute atomic E-state index is 13.4. The molecule has 0 unspecified atom stereocenters. The van der Waals surface area contributed by atoms with Crippen LogP contribution >= 0.6 is 0 Å². The van der Waals surface area contributed by atoms with Gasteiger partial charge in [-0.1, -0.05) is 6.07 Å². The zero-order chi connectivity index (χ0) is 15.6. The highest BCUT2D eigenvalue weighted by Crippen LogP contribution is 2.35. The summed E-state index contributed by atoms with van der Waals surface area (Å²) in [7, 11) is 0. The Bertz CT molecular complexity index is 722. The number of nitrogens with two attached hydrogens (primary N) is 1. The molecule has 4 nitrogen and oxygen atoms in total. The van der Waals surface area contributed by atoms with Crippen molar-refractivity contribution in [3.8, 4) is 17.6 Å². The Kier molecular flexibility index (Phi) is 3.67. The highest BCUT2D eigenvalue weighted by Gasteiger charge is 2.33. The lowest BCUT2D eigenvalue weighted by atomic mass is 10.2. The molecule has 21 heavy (non-hydrogen) atoms. The number of anilines is 1. The molecule has 1 aromatic heterocycles. The molecule has 0 atom stereocenters. The second-order valence-corrected chi connectivity index (χ2v) is 3.93. The van der Waals surface area contributed by atoms with Crippen LogP contribution in [0, 0.1) is 17.1 Å². The molecular weight excluding hydrogens is 290 g/mol. The van der Waals surface area contributed by atoms with Gasteiger partial charge in [-0.05, 0) is 12.1 Å². The van der Waals surface area contributed by atoms with E-state index in [2.05, 4.69) is 4.98 Å². The quantitative estimate of drug-likeness (QED) is 0.861. The number of pyridine rings is 1. The Hall–Kier alpha value is -2.82. The summed E-state index contributed by atoms with van der Waals surface area (Å²) >= 11 is 0. The molecule has 8 heteroatoms. The van der Waals surface area contributed by atoms with Gasteiger partial charge in [0.15, 0.2) is 5.75 Å². The zero-order valence-electron chi connectivity index (χ0n) is 10.3. The van der Waals surface area contributed by atoms with Crippen LogP contribution in [0.15, 0.2) is 30.5 Å². The molecule has 0 aliphatic rings. The third kappa shape index (κ3) is 3.02. The van der Waals surface area contributed by atoms with Crippen LogP contribution in [0.5, 0.6) is 11.5 Å². The van der Waals surface area contributed by atoms with Crippen LogP contribution < -0.4 is 10.5 Å². The lowest BCUT2D eigenvalue weighted by Gasteiger charge is -2.12. The highest BCUT2D eigenvalue weighted by atomic mass is 19.4. The van der Waals surface area contributed by atoms with E-state index in [-0.39, 0.29) is 17.2 Å². The van der Waals surface area contributed by atoms with Crippen molar-refractivity contribution in [3.63, 3.8) is 0 Å². The number of nitriles is 1. The highest BCUT2D eigenvalue weighted by molar-refractivity contribution is 5.55. The summed E-state index contributed by atoms with van der Waals surface area (Å²) in [5.74, 6) is -1.44. The number of ether oxygens (including phenoxy) is 1. The smallest absolute Gasteiger partial charge is 0.433 e. The first-order valence-electron chi connectivity index (χ1n) is 5.52. The minimum Gasteiger partial charge on any atom is -0.454 e. The fourth-order valence-corrected chi connectivity index (χ4v) is 1.51. The fourth-order valence-electron chi connectivity index (χ4n) is 1.51. The molecule has 0 aliphatic heterocycles. The maximum Gasteiger partial charge on any atom is 0.433 e. The van der Waals surface area contributed by atoms with Gasteiger partial charge in [-0.2, -0.15) is 18.4 Å². The van der Waals surface area contributed by atoms with Gasteiger partial charge in [-0.25, -0.2) is 9.37 Å². The first-order chi connectivity index (χ1) is 9.82. The van der Waals surface area contributed by atoms with E-state index in [9.17, 15) is 17.6 Å². The van der Waals surface area contributed by atoms with Crippen LogP contribution in [0.3, 0.4) is 0 Å². The predicted molar refractivity (Wildman–Crippen MR) is 64.8 cm³/mol. The molecule has 2 N–H and O–H groups in total. The van der Waals surface area contributed by atoms with E-state index < -0.39 is 23.3 Å². The largest absolute Gasteiger partial charge is 0.454 e. The third-order valence-corrected chi connectivity index (χ3v) is 2.49. The summed E-state index contributed by atoms with van der Waals surface area (Å²) in [5, 5.41) is 8.84. The Balaban J connectivity index is 2.46. The van der Waals surface area contributed by atoms with Crippen molar-refractivity contribution in [2.24, 2.45) is 0 Å². The van der Waals surface area contributed by atoms with Gasteiger partial charge in [0.25, 0.3) is 0 Å². The van der Waals surface area contributed by atoms with E-state index in [1.54, 1.807) is 6.07 Å². The molecule has 108 valence electrons. The van der Waals surface area contributed by atoms with Crippen molar-refractivity contribution < 1.29 is 22.3 Å². The maximum atomic E-state index is 13.4. The molecule has 0 amide bonds. The lowest BCUT2D eigenvalue weighted by Crippen LogP contribution is -2.09. The van der Waals surface area contributed by atoms with Gasteiger partial charge in [0.2, 0.25) is 0 Å². The molecule has 0 saturated heterocycles. The van der Waals surface area contributed by atoms with Gasteiger partial charge < -0.3 is 10.5 Å². The van der Waals surface area contributed by atoms with Gasteiger partial charge in [-0.3, -0.25) is 0 Å². The van der Waals surface area contributed by atoms with Crippen LogP contribution in [0.2, 0.25) is 0 Å². The summed E-state index contributed by atoms with van der Waals surface area (Å²) in [4.78, 5) is 3.14. The van der Waals surface area contributed by atoms with E-state index in [0.29, 0.717) is 6.07 Å². The Morgan fingerprint density at radius 2 is 1.95 bits per heavy atom. The van der Waals surface area contributed by atoms with Crippen LogP contribution in [0.25, 0.3) is 0 Å². The van der Waals surface area contributed by atoms with Crippen molar-refractivity contribution in [2.45, 2.75) is 6.18 Å². The number of hydrogen-bond donors (Lipinski definition) is 1. The second kappa shape index (κ2) is 5.28.